The van der Waals surface area contributed by atoms with Crippen molar-refractivity contribution in [2.45, 2.75) is 118 Å². The molecule has 0 unspecified atom stereocenters. The van der Waals surface area contributed by atoms with Gasteiger partial charge in [0, 0.05) is 18.9 Å². The number of allylic oxidation sites excluding steroid dienone is 2. The van der Waals surface area contributed by atoms with Crippen molar-refractivity contribution >= 4 is 11.8 Å². The van der Waals surface area contributed by atoms with E-state index in [0.29, 0.717) is 29.5 Å². The van der Waals surface area contributed by atoms with Gasteiger partial charge in [0.2, 0.25) is 0 Å². The minimum atomic E-state index is -0.143. The average molecular weight is 443 g/mol. The SMILES string of the molecule is CC(=O)O[C@H]1CC[C@@]2(C)[C@@H](CCC3=C4C(=O)C[C@H]([C@H](C)CCCC(C)C)[C@@]4(C)CC[C@@H]32)C1. The number of hydrogen-bond donors (Lipinski definition) is 0. The predicted molar refractivity (Wildman–Crippen MR) is 129 cm³/mol. The van der Waals surface area contributed by atoms with Gasteiger partial charge in [0.05, 0.1) is 0 Å². The van der Waals surface area contributed by atoms with Crippen LogP contribution in [0, 0.1) is 40.4 Å². The molecule has 32 heavy (non-hydrogen) atoms. The van der Waals surface area contributed by atoms with E-state index in [1.807, 2.05) is 0 Å². The van der Waals surface area contributed by atoms with Crippen LogP contribution in [0.4, 0.5) is 0 Å². The molecule has 180 valence electrons. The number of rotatable bonds is 6. The zero-order valence-electron chi connectivity index (χ0n) is 21.5. The molecular weight excluding hydrogens is 396 g/mol. The first-order valence-electron chi connectivity index (χ1n) is 13.5. The van der Waals surface area contributed by atoms with Gasteiger partial charge in [-0.3, -0.25) is 9.59 Å². The summed E-state index contributed by atoms with van der Waals surface area (Å²) in [7, 11) is 0. The Kier molecular flexibility index (Phi) is 6.69. The summed E-state index contributed by atoms with van der Waals surface area (Å²) >= 11 is 0. The molecule has 3 nitrogen and oxygen atoms in total. The first kappa shape index (κ1) is 24.0. The van der Waals surface area contributed by atoms with Crippen molar-refractivity contribution in [2.24, 2.45) is 40.4 Å². The highest BCUT2D eigenvalue weighted by molar-refractivity contribution is 6.00. The largest absolute Gasteiger partial charge is 0.463 e. The first-order chi connectivity index (χ1) is 15.1. The molecule has 0 aromatic heterocycles. The number of ether oxygens (including phenoxy) is 1. The fourth-order valence-corrected chi connectivity index (χ4v) is 8.54. The van der Waals surface area contributed by atoms with E-state index in [1.54, 1.807) is 5.57 Å². The van der Waals surface area contributed by atoms with Gasteiger partial charge < -0.3 is 4.74 Å². The van der Waals surface area contributed by atoms with Crippen LogP contribution in [0.15, 0.2) is 11.1 Å². The molecule has 7 atom stereocenters. The maximum Gasteiger partial charge on any atom is 0.302 e. The lowest BCUT2D eigenvalue weighted by molar-refractivity contribution is -0.152. The molecule has 3 fully saturated rings. The Balaban J connectivity index is 1.55. The molecule has 0 saturated heterocycles. The lowest BCUT2D eigenvalue weighted by atomic mass is 9.48. The van der Waals surface area contributed by atoms with Gasteiger partial charge in [0.1, 0.15) is 6.10 Å². The van der Waals surface area contributed by atoms with Crippen molar-refractivity contribution in [1.82, 2.24) is 0 Å². The second kappa shape index (κ2) is 8.91. The van der Waals surface area contributed by atoms with Crippen LogP contribution < -0.4 is 0 Å². The van der Waals surface area contributed by atoms with Crippen LogP contribution >= 0.6 is 0 Å². The summed E-state index contributed by atoms with van der Waals surface area (Å²) in [5.41, 5.74) is 3.18. The second-order valence-electron chi connectivity index (χ2n) is 12.7. The van der Waals surface area contributed by atoms with E-state index in [9.17, 15) is 9.59 Å². The Morgan fingerprint density at radius 1 is 1.09 bits per heavy atom. The molecule has 3 heteroatoms. The van der Waals surface area contributed by atoms with Crippen LogP contribution in [0.3, 0.4) is 0 Å². The third-order valence-electron chi connectivity index (χ3n) is 10.3. The minimum absolute atomic E-state index is 0.0952. The van der Waals surface area contributed by atoms with E-state index in [2.05, 4.69) is 34.6 Å². The standard InChI is InChI=1S/C29H46O3/c1-18(2)8-7-9-19(3)25-17-26(31)27-23-11-10-21-16-22(32-20(4)30)12-14-28(21,5)24(23)13-15-29(25,27)6/h18-19,21-22,24-25H,7-17H2,1-6H3/t19-,21+,22+,24+,25-,28+,29-/m1/s1. The van der Waals surface area contributed by atoms with E-state index in [1.165, 1.54) is 44.6 Å². The normalized spacial score (nSPS) is 40.0. The van der Waals surface area contributed by atoms with Crippen LogP contribution in [-0.4, -0.2) is 17.9 Å². The van der Waals surface area contributed by atoms with E-state index in [0.717, 1.165) is 44.4 Å². The fraction of sp³-hybridized carbons (Fsp3) is 0.862. The summed E-state index contributed by atoms with van der Waals surface area (Å²) in [5.74, 6) is 3.42. The van der Waals surface area contributed by atoms with E-state index >= 15 is 0 Å². The Bertz CT molecular complexity index is 779. The highest BCUT2D eigenvalue weighted by Gasteiger charge is 2.58. The van der Waals surface area contributed by atoms with E-state index in [-0.39, 0.29) is 22.9 Å². The Morgan fingerprint density at radius 3 is 2.53 bits per heavy atom. The topological polar surface area (TPSA) is 43.4 Å². The molecule has 0 heterocycles. The lowest BCUT2D eigenvalue weighted by Crippen LogP contribution is -2.49. The summed E-state index contributed by atoms with van der Waals surface area (Å²) < 4.78 is 5.61. The molecule has 3 saturated carbocycles. The van der Waals surface area contributed by atoms with E-state index < -0.39 is 0 Å². The van der Waals surface area contributed by atoms with Crippen molar-refractivity contribution in [2.75, 3.05) is 0 Å². The molecule has 0 radical (unpaired) electrons. The van der Waals surface area contributed by atoms with Crippen molar-refractivity contribution in [3.63, 3.8) is 0 Å². The van der Waals surface area contributed by atoms with Crippen LogP contribution in [0.1, 0.15) is 112 Å². The third kappa shape index (κ3) is 4.11. The van der Waals surface area contributed by atoms with Crippen molar-refractivity contribution < 1.29 is 14.3 Å². The Hall–Kier alpha value is -1.12. The van der Waals surface area contributed by atoms with Crippen molar-refractivity contribution in [3.05, 3.63) is 11.1 Å². The molecule has 0 N–H and O–H groups in total. The van der Waals surface area contributed by atoms with E-state index in [4.69, 9.17) is 4.74 Å². The molecule has 0 aliphatic heterocycles. The Morgan fingerprint density at radius 2 is 1.84 bits per heavy atom. The highest BCUT2D eigenvalue weighted by Crippen LogP contribution is 2.65. The number of Topliss-reactive ketones (excluding diaryl/α,β-unsaturated/α-hetero) is 1. The lowest BCUT2D eigenvalue weighted by Gasteiger charge is -2.56. The number of esters is 1. The van der Waals surface area contributed by atoms with Gasteiger partial charge in [-0.05, 0) is 85.4 Å². The van der Waals surface area contributed by atoms with Gasteiger partial charge in [-0.15, -0.1) is 0 Å². The average Bonchev–Trinajstić information content (AvgIpc) is 2.98. The number of fused-ring (bicyclic) bond motifs is 4. The van der Waals surface area contributed by atoms with Gasteiger partial charge in [0.15, 0.2) is 5.78 Å². The summed E-state index contributed by atoms with van der Waals surface area (Å²) in [6.07, 6.45) is 12.5. The van der Waals surface area contributed by atoms with Crippen LogP contribution in [0.2, 0.25) is 0 Å². The quantitative estimate of drug-likeness (QED) is 0.406. The van der Waals surface area contributed by atoms with Gasteiger partial charge in [0.25, 0.3) is 0 Å². The summed E-state index contributed by atoms with van der Waals surface area (Å²) in [6, 6.07) is 0. The maximum atomic E-state index is 13.5. The smallest absolute Gasteiger partial charge is 0.302 e. The third-order valence-corrected chi connectivity index (χ3v) is 10.3. The minimum Gasteiger partial charge on any atom is -0.463 e. The summed E-state index contributed by atoms with van der Waals surface area (Å²) in [6.45, 7) is 13.5. The maximum absolute atomic E-state index is 13.5. The van der Waals surface area contributed by atoms with Crippen molar-refractivity contribution in [1.29, 1.82) is 0 Å². The molecular formula is C29H46O3. The molecule has 4 aliphatic carbocycles. The molecule has 0 bridgehead atoms. The molecule has 0 aromatic rings. The number of ketones is 1. The molecule has 0 aromatic carbocycles. The Labute approximate surface area is 196 Å². The molecule has 4 rings (SSSR count). The van der Waals surface area contributed by atoms with Crippen LogP contribution in [0.25, 0.3) is 0 Å². The molecule has 0 amide bonds. The highest BCUT2D eigenvalue weighted by atomic mass is 16.5. The second-order valence-corrected chi connectivity index (χ2v) is 12.7. The van der Waals surface area contributed by atoms with Gasteiger partial charge in [-0.2, -0.15) is 0 Å². The van der Waals surface area contributed by atoms with Gasteiger partial charge in [-0.1, -0.05) is 59.5 Å². The predicted octanol–water partition coefficient (Wildman–Crippen LogP) is 7.28. The van der Waals surface area contributed by atoms with Crippen LogP contribution in [-0.2, 0) is 14.3 Å². The summed E-state index contributed by atoms with van der Waals surface area (Å²) in [4.78, 5) is 25.0. The zero-order valence-corrected chi connectivity index (χ0v) is 21.5. The first-order valence-corrected chi connectivity index (χ1v) is 13.5. The monoisotopic (exact) mass is 442 g/mol. The van der Waals surface area contributed by atoms with Crippen molar-refractivity contribution in [3.8, 4) is 0 Å². The number of carbonyl (C=O) groups is 2. The van der Waals surface area contributed by atoms with Gasteiger partial charge in [-0.25, -0.2) is 0 Å². The van der Waals surface area contributed by atoms with Gasteiger partial charge >= 0.3 is 5.97 Å². The number of carbonyl (C=O) groups excluding carboxylic acids is 2. The van der Waals surface area contributed by atoms with Crippen LogP contribution in [0.5, 0.6) is 0 Å². The number of hydrogen-bond acceptors (Lipinski definition) is 3. The fourth-order valence-electron chi connectivity index (χ4n) is 8.54. The molecule has 0 spiro atoms. The summed E-state index contributed by atoms with van der Waals surface area (Å²) in [5, 5.41) is 0. The zero-order chi connectivity index (χ0) is 23.3. The molecule has 4 aliphatic rings.